The zero-order valence-corrected chi connectivity index (χ0v) is 9.97. The summed E-state index contributed by atoms with van der Waals surface area (Å²) >= 11 is 0. The van der Waals surface area contributed by atoms with Crippen LogP contribution in [0.2, 0.25) is 0 Å². The number of aromatic nitrogens is 1. The zero-order chi connectivity index (χ0) is 12.4. The van der Waals surface area contributed by atoms with Gasteiger partial charge in [-0.05, 0) is 36.1 Å². The molecule has 0 spiro atoms. The Morgan fingerprint density at radius 1 is 1.17 bits per heavy atom. The fourth-order valence-corrected chi connectivity index (χ4v) is 2.44. The van der Waals surface area contributed by atoms with Gasteiger partial charge in [-0.25, -0.2) is 0 Å². The van der Waals surface area contributed by atoms with E-state index in [2.05, 4.69) is 22.4 Å². The van der Waals surface area contributed by atoms with Crippen LogP contribution in [0.1, 0.15) is 34.1 Å². The van der Waals surface area contributed by atoms with Crippen LogP contribution in [0, 0.1) is 0 Å². The van der Waals surface area contributed by atoms with Crippen molar-refractivity contribution in [3.8, 4) is 0 Å². The van der Waals surface area contributed by atoms with Gasteiger partial charge in [-0.1, -0.05) is 30.3 Å². The molecule has 0 unspecified atom stereocenters. The molecule has 1 aliphatic carbocycles. The Labute approximate surface area is 106 Å². The number of carbonyl (C=O) groups excluding carboxylic acids is 1. The van der Waals surface area contributed by atoms with Crippen LogP contribution in [0.5, 0.6) is 0 Å². The van der Waals surface area contributed by atoms with Crippen molar-refractivity contribution in [2.45, 2.75) is 18.9 Å². The van der Waals surface area contributed by atoms with Crippen molar-refractivity contribution in [2.75, 3.05) is 0 Å². The first-order chi connectivity index (χ1) is 8.84. The SMILES string of the molecule is O=C(N[C@@H]1CCc2ccccc21)c1ccccn1. The number of nitrogens with one attached hydrogen (secondary N) is 1. The molecule has 0 fully saturated rings. The molecule has 90 valence electrons. The van der Waals surface area contributed by atoms with Crippen molar-refractivity contribution in [1.82, 2.24) is 10.3 Å². The fourth-order valence-electron chi connectivity index (χ4n) is 2.44. The maximum atomic E-state index is 12.0. The molecule has 1 heterocycles. The summed E-state index contributed by atoms with van der Waals surface area (Å²) < 4.78 is 0. The van der Waals surface area contributed by atoms with Gasteiger partial charge in [0.05, 0.1) is 6.04 Å². The number of aryl methyl sites for hydroxylation is 1. The second-order valence-corrected chi connectivity index (χ2v) is 4.48. The molecule has 3 nitrogen and oxygen atoms in total. The Bertz CT molecular complexity index is 566. The number of hydrogen-bond acceptors (Lipinski definition) is 2. The quantitative estimate of drug-likeness (QED) is 0.873. The Morgan fingerprint density at radius 3 is 2.83 bits per heavy atom. The fraction of sp³-hybridized carbons (Fsp3) is 0.200. The van der Waals surface area contributed by atoms with Crippen molar-refractivity contribution >= 4 is 5.91 Å². The minimum absolute atomic E-state index is 0.0997. The van der Waals surface area contributed by atoms with E-state index in [1.165, 1.54) is 11.1 Å². The molecule has 0 bridgehead atoms. The minimum atomic E-state index is -0.0997. The highest BCUT2D eigenvalue weighted by atomic mass is 16.1. The summed E-state index contributed by atoms with van der Waals surface area (Å²) in [6, 6.07) is 13.8. The lowest BCUT2D eigenvalue weighted by Gasteiger charge is -2.13. The number of carbonyl (C=O) groups is 1. The number of pyridine rings is 1. The molecule has 2 aromatic rings. The van der Waals surface area contributed by atoms with Crippen molar-refractivity contribution in [3.05, 3.63) is 65.5 Å². The first-order valence-corrected chi connectivity index (χ1v) is 6.14. The summed E-state index contributed by atoms with van der Waals surface area (Å²) in [4.78, 5) is 16.1. The topological polar surface area (TPSA) is 42.0 Å². The third-order valence-corrected chi connectivity index (χ3v) is 3.34. The first kappa shape index (κ1) is 11.0. The van der Waals surface area contributed by atoms with Gasteiger partial charge in [0.25, 0.3) is 5.91 Å². The van der Waals surface area contributed by atoms with Crippen molar-refractivity contribution in [3.63, 3.8) is 0 Å². The van der Waals surface area contributed by atoms with Crippen LogP contribution in [0.15, 0.2) is 48.7 Å². The molecule has 0 saturated heterocycles. The van der Waals surface area contributed by atoms with Gasteiger partial charge in [-0.15, -0.1) is 0 Å². The molecule has 1 aromatic carbocycles. The summed E-state index contributed by atoms with van der Waals surface area (Å²) in [7, 11) is 0. The van der Waals surface area contributed by atoms with Gasteiger partial charge in [-0.3, -0.25) is 9.78 Å². The van der Waals surface area contributed by atoms with E-state index in [9.17, 15) is 4.79 Å². The molecule has 1 amide bonds. The van der Waals surface area contributed by atoms with Gasteiger partial charge in [0.1, 0.15) is 5.69 Å². The molecule has 0 radical (unpaired) electrons. The standard InChI is InChI=1S/C15H14N2O/c18-15(14-7-3-4-10-16-14)17-13-9-8-11-5-1-2-6-12(11)13/h1-7,10,13H,8-9H2,(H,17,18)/t13-/m1/s1. The highest BCUT2D eigenvalue weighted by Gasteiger charge is 2.23. The molecule has 0 saturated carbocycles. The molecular formula is C15H14N2O. The summed E-state index contributed by atoms with van der Waals surface area (Å²) in [6.07, 6.45) is 3.64. The Morgan fingerprint density at radius 2 is 2.00 bits per heavy atom. The molecule has 0 aliphatic heterocycles. The van der Waals surface area contributed by atoms with Crippen LogP contribution in [-0.2, 0) is 6.42 Å². The van der Waals surface area contributed by atoms with E-state index in [4.69, 9.17) is 0 Å². The highest BCUT2D eigenvalue weighted by Crippen LogP contribution is 2.30. The van der Waals surface area contributed by atoms with Crippen LogP contribution >= 0.6 is 0 Å². The Kier molecular flexibility index (Phi) is 2.81. The van der Waals surface area contributed by atoms with Crippen molar-refractivity contribution in [1.29, 1.82) is 0 Å². The van der Waals surface area contributed by atoms with E-state index in [1.54, 1.807) is 12.3 Å². The van der Waals surface area contributed by atoms with Gasteiger partial charge < -0.3 is 5.32 Å². The number of hydrogen-bond donors (Lipinski definition) is 1. The second kappa shape index (κ2) is 4.61. The summed E-state index contributed by atoms with van der Waals surface area (Å²) in [5.74, 6) is -0.0997. The van der Waals surface area contributed by atoms with Gasteiger partial charge in [0.2, 0.25) is 0 Å². The molecule has 1 N–H and O–H groups in total. The lowest BCUT2D eigenvalue weighted by Crippen LogP contribution is -2.27. The second-order valence-electron chi connectivity index (χ2n) is 4.48. The van der Waals surface area contributed by atoms with E-state index >= 15 is 0 Å². The molecular weight excluding hydrogens is 224 g/mol. The van der Waals surface area contributed by atoms with Gasteiger partial charge in [0.15, 0.2) is 0 Å². The van der Waals surface area contributed by atoms with Gasteiger partial charge >= 0.3 is 0 Å². The average molecular weight is 238 g/mol. The van der Waals surface area contributed by atoms with E-state index in [0.29, 0.717) is 5.69 Å². The molecule has 1 aromatic heterocycles. The number of nitrogens with zero attached hydrogens (tertiary/aromatic N) is 1. The van der Waals surface area contributed by atoms with Crippen LogP contribution < -0.4 is 5.32 Å². The van der Waals surface area contributed by atoms with E-state index in [1.807, 2.05) is 24.3 Å². The number of rotatable bonds is 2. The molecule has 3 heteroatoms. The van der Waals surface area contributed by atoms with Crippen molar-refractivity contribution in [2.24, 2.45) is 0 Å². The van der Waals surface area contributed by atoms with Gasteiger partial charge in [-0.2, -0.15) is 0 Å². The van der Waals surface area contributed by atoms with Crippen molar-refractivity contribution < 1.29 is 4.79 Å². The molecule has 1 aliphatic rings. The Hall–Kier alpha value is -2.16. The summed E-state index contributed by atoms with van der Waals surface area (Å²) in [5, 5.41) is 3.05. The molecule has 18 heavy (non-hydrogen) atoms. The molecule has 1 atom stereocenters. The maximum Gasteiger partial charge on any atom is 0.270 e. The third-order valence-electron chi connectivity index (χ3n) is 3.34. The summed E-state index contributed by atoms with van der Waals surface area (Å²) in [6.45, 7) is 0. The normalized spacial score (nSPS) is 17.2. The third kappa shape index (κ3) is 1.99. The Balaban J connectivity index is 1.77. The number of fused-ring (bicyclic) bond motifs is 1. The first-order valence-electron chi connectivity index (χ1n) is 6.14. The van der Waals surface area contributed by atoms with Crippen LogP contribution in [-0.4, -0.2) is 10.9 Å². The number of amides is 1. The zero-order valence-electron chi connectivity index (χ0n) is 9.97. The van der Waals surface area contributed by atoms with E-state index in [-0.39, 0.29) is 11.9 Å². The smallest absolute Gasteiger partial charge is 0.270 e. The largest absolute Gasteiger partial charge is 0.344 e. The molecule has 3 rings (SSSR count). The predicted molar refractivity (Wildman–Crippen MR) is 69.2 cm³/mol. The lowest BCUT2D eigenvalue weighted by molar-refractivity contribution is 0.0931. The van der Waals surface area contributed by atoms with Crippen LogP contribution in [0.3, 0.4) is 0 Å². The average Bonchev–Trinajstić information content (AvgIpc) is 2.83. The van der Waals surface area contributed by atoms with Gasteiger partial charge in [0, 0.05) is 6.20 Å². The van der Waals surface area contributed by atoms with E-state index in [0.717, 1.165) is 12.8 Å². The number of benzene rings is 1. The summed E-state index contributed by atoms with van der Waals surface area (Å²) in [5.41, 5.74) is 3.05. The highest BCUT2D eigenvalue weighted by molar-refractivity contribution is 5.92. The maximum absolute atomic E-state index is 12.0. The predicted octanol–water partition coefficient (Wildman–Crippen LogP) is 2.50. The lowest BCUT2D eigenvalue weighted by atomic mass is 10.1. The van der Waals surface area contributed by atoms with E-state index < -0.39 is 0 Å². The van der Waals surface area contributed by atoms with Crippen LogP contribution in [0.25, 0.3) is 0 Å². The van der Waals surface area contributed by atoms with Crippen LogP contribution in [0.4, 0.5) is 0 Å². The monoisotopic (exact) mass is 238 g/mol. The minimum Gasteiger partial charge on any atom is -0.344 e.